The fourth-order valence-electron chi connectivity index (χ4n) is 2.43. The number of hydrogen-bond donors (Lipinski definition) is 1. The smallest absolute Gasteiger partial charge is 0.326 e. The molecule has 112 valence electrons. The monoisotopic (exact) mass is 288 g/mol. The summed E-state index contributed by atoms with van der Waals surface area (Å²) in [6.07, 6.45) is -3.88. The van der Waals surface area contributed by atoms with E-state index < -0.39 is 42.5 Å². The zero-order chi connectivity index (χ0) is 14.9. The number of imide groups is 1. The maximum Gasteiger partial charge on any atom is 0.326 e. The molecule has 2 rings (SSSR count). The first-order chi connectivity index (χ1) is 9.43. The van der Waals surface area contributed by atoms with Crippen LogP contribution < -0.4 is 5.32 Å². The van der Waals surface area contributed by atoms with Crippen LogP contribution in [0.25, 0.3) is 0 Å². The molecule has 8 heteroatoms. The summed E-state index contributed by atoms with van der Waals surface area (Å²) in [7, 11) is 0. The summed E-state index contributed by atoms with van der Waals surface area (Å²) in [5, 5.41) is 2.11. The average molecular weight is 288 g/mol. The molecule has 0 bridgehead atoms. The maximum atomic E-state index is 14.4. The van der Waals surface area contributed by atoms with Crippen LogP contribution in [0.5, 0.6) is 0 Å². The lowest BCUT2D eigenvalue weighted by Crippen LogP contribution is -2.56. The third-order valence-electron chi connectivity index (χ3n) is 3.37. The van der Waals surface area contributed by atoms with Crippen LogP contribution in [0.3, 0.4) is 0 Å². The van der Waals surface area contributed by atoms with Crippen molar-refractivity contribution in [1.29, 1.82) is 0 Å². The number of nitrogens with zero attached hydrogens (tertiary/aromatic N) is 1. The second-order valence-corrected chi connectivity index (χ2v) is 4.79. The third-order valence-corrected chi connectivity index (χ3v) is 3.37. The molecule has 7 nitrogen and oxygen atoms in total. The van der Waals surface area contributed by atoms with E-state index in [1.54, 1.807) is 6.92 Å². The van der Waals surface area contributed by atoms with E-state index in [4.69, 9.17) is 9.47 Å². The number of amides is 3. The van der Waals surface area contributed by atoms with Crippen molar-refractivity contribution in [2.75, 3.05) is 6.54 Å². The zero-order valence-electron chi connectivity index (χ0n) is 11.3. The highest BCUT2D eigenvalue weighted by Crippen LogP contribution is 2.31. The molecule has 0 aliphatic carbocycles. The highest BCUT2D eigenvalue weighted by molar-refractivity contribution is 5.96. The Balaban J connectivity index is 2.11. The van der Waals surface area contributed by atoms with Gasteiger partial charge >= 0.3 is 12.0 Å². The van der Waals surface area contributed by atoms with Crippen LogP contribution in [0.4, 0.5) is 9.18 Å². The van der Waals surface area contributed by atoms with Crippen molar-refractivity contribution in [1.82, 2.24) is 10.2 Å². The Kier molecular flexibility index (Phi) is 4.22. The van der Waals surface area contributed by atoms with E-state index in [1.165, 1.54) is 6.92 Å². The summed E-state index contributed by atoms with van der Waals surface area (Å²) in [5.41, 5.74) is 0. The van der Waals surface area contributed by atoms with Gasteiger partial charge in [-0.15, -0.1) is 0 Å². The molecule has 4 atom stereocenters. The normalized spacial score (nSPS) is 34.0. The highest BCUT2D eigenvalue weighted by atomic mass is 19.1. The van der Waals surface area contributed by atoms with Crippen LogP contribution in [-0.4, -0.2) is 54.0 Å². The molecule has 2 aliphatic heterocycles. The van der Waals surface area contributed by atoms with E-state index in [-0.39, 0.29) is 13.0 Å². The summed E-state index contributed by atoms with van der Waals surface area (Å²) < 4.78 is 24.8. The van der Waals surface area contributed by atoms with Crippen LogP contribution in [0.1, 0.15) is 26.7 Å². The van der Waals surface area contributed by atoms with Crippen LogP contribution >= 0.6 is 0 Å². The number of nitrogens with one attached hydrogen (secondary N) is 1. The first kappa shape index (κ1) is 14.7. The molecule has 4 unspecified atom stereocenters. The number of halogens is 1. The Labute approximate surface area is 115 Å². The number of alkyl halides is 1. The Morgan fingerprint density at radius 2 is 2.25 bits per heavy atom. The fraction of sp³-hybridized carbons (Fsp3) is 0.750. The van der Waals surface area contributed by atoms with Crippen molar-refractivity contribution >= 4 is 17.9 Å². The van der Waals surface area contributed by atoms with Crippen LogP contribution in [-0.2, 0) is 19.1 Å². The largest absolute Gasteiger partial charge is 0.456 e. The number of hydrogen-bond acceptors (Lipinski definition) is 5. The van der Waals surface area contributed by atoms with E-state index in [1.807, 2.05) is 0 Å². The lowest BCUT2D eigenvalue weighted by Gasteiger charge is -2.32. The average Bonchev–Trinajstić information content (AvgIpc) is 2.67. The molecule has 2 saturated heterocycles. The predicted octanol–water partition coefficient (Wildman–Crippen LogP) is 0.333. The Hall–Kier alpha value is -1.70. The van der Waals surface area contributed by atoms with Gasteiger partial charge in [0.25, 0.3) is 0 Å². The molecule has 0 spiro atoms. The zero-order valence-corrected chi connectivity index (χ0v) is 11.3. The van der Waals surface area contributed by atoms with Crippen LogP contribution in [0, 0.1) is 0 Å². The molecule has 2 aliphatic rings. The topological polar surface area (TPSA) is 84.9 Å². The first-order valence-corrected chi connectivity index (χ1v) is 6.51. The van der Waals surface area contributed by atoms with Gasteiger partial charge in [-0.05, 0) is 6.42 Å². The van der Waals surface area contributed by atoms with Gasteiger partial charge in [0.15, 0.2) is 18.5 Å². The standard InChI is InChI=1S/C12H17FN2O5/c1-3-7-10(19-6(2)16)9(13)11(20-7)15-5-4-8(17)14-12(15)18/h7,9-11H,3-5H2,1-2H3,(H,14,17,18). The molecule has 0 radical (unpaired) electrons. The summed E-state index contributed by atoms with van der Waals surface area (Å²) >= 11 is 0. The lowest BCUT2D eigenvalue weighted by molar-refractivity contribution is -0.151. The quantitative estimate of drug-likeness (QED) is 0.757. The minimum absolute atomic E-state index is 0.0823. The Morgan fingerprint density at radius 3 is 2.80 bits per heavy atom. The van der Waals surface area contributed by atoms with E-state index in [2.05, 4.69) is 5.32 Å². The first-order valence-electron chi connectivity index (χ1n) is 6.51. The lowest BCUT2D eigenvalue weighted by atomic mass is 10.1. The Bertz CT molecular complexity index is 430. The number of urea groups is 1. The van der Waals surface area contributed by atoms with Crippen molar-refractivity contribution in [2.45, 2.75) is 51.3 Å². The number of carbonyl (C=O) groups excluding carboxylic acids is 3. The van der Waals surface area contributed by atoms with Crippen molar-refractivity contribution < 1.29 is 28.2 Å². The van der Waals surface area contributed by atoms with Gasteiger partial charge in [0.2, 0.25) is 5.91 Å². The molecule has 3 amide bonds. The van der Waals surface area contributed by atoms with Gasteiger partial charge in [0, 0.05) is 19.9 Å². The van der Waals surface area contributed by atoms with Crippen molar-refractivity contribution in [2.24, 2.45) is 0 Å². The van der Waals surface area contributed by atoms with E-state index in [0.29, 0.717) is 6.42 Å². The van der Waals surface area contributed by atoms with Gasteiger partial charge in [-0.3, -0.25) is 19.8 Å². The van der Waals surface area contributed by atoms with E-state index in [0.717, 1.165) is 4.90 Å². The second-order valence-electron chi connectivity index (χ2n) is 4.79. The number of rotatable bonds is 3. The highest BCUT2D eigenvalue weighted by Gasteiger charge is 2.50. The van der Waals surface area contributed by atoms with Crippen molar-refractivity contribution in [3.05, 3.63) is 0 Å². The summed E-state index contributed by atoms with van der Waals surface area (Å²) in [6.45, 7) is 3.05. The molecule has 0 saturated carbocycles. The van der Waals surface area contributed by atoms with Gasteiger partial charge in [0.05, 0.1) is 0 Å². The number of carbonyl (C=O) groups is 3. The minimum Gasteiger partial charge on any atom is -0.456 e. The van der Waals surface area contributed by atoms with Crippen molar-refractivity contribution in [3.8, 4) is 0 Å². The summed E-state index contributed by atoms with van der Waals surface area (Å²) in [4.78, 5) is 34.9. The molecule has 2 heterocycles. The van der Waals surface area contributed by atoms with Crippen molar-refractivity contribution in [3.63, 3.8) is 0 Å². The molecular weight excluding hydrogens is 271 g/mol. The molecule has 1 N–H and O–H groups in total. The fourth-order valence-corrected chi connectivity index (χ4v) is 2.43. The molecular formula is C12H17FN2O5. The number of esters is 1. The SMILES string of the molecule is CCC1OC(N2CCC(=O)NC2=O)C(F)C1OC(C)=O. The molecule has 20 heavy (non-hydrogen) atoms. The minimum atomic E-state index is -1.64. The summed E-state index contributed by atoms with van der Waals surface area (Å²) in [5.74, 6) is -0.998. The molecule has 0 aromatic heterocycles. The third kappa shape index (κ3) is 2.74. The van der Waals surface area contributed by atoms with Gasteiger partial charge in [-0.2, -0.15) is 0 Å². The molecule has 2 fully saturated rings. The van der Waals surface area contributed by atoms with Gasteiger partial charge in [-0.1, -0.05) is 6.92 Å². The van der Waals surface area contributed by atoms with Gasteiger partial charge in [0.1, 0.15) is 6.10 Å². The van der Waals surface area contributed by atoms with E-state index in [9.17, 15) is 18.8 Å². The maximum absolute atomic E-state index is 14.4. The van der Waals surface area contributed by atoms with Crippen LogP contribution in [0.2, 0.25) is 0 Å². The van der Waals surface area contributed by atoms with Crippen LogP contribution in [0.15, 0.2) is 0 Å². The van der Waals surface area contributed by atoms with E-state index >= 15 is 0 Å². The molecule has 0 aromatic carbocycles. The van der Waals surface area contributed by atoms with Gasteiger partial charge < -0.3 is 9.47 Å². The Morgan fingerprint density at radius 1 is 1.55 bits per heavy atom. The molecule has 0 aromatic rings. The summed E-state index contributed by atoms with van der Waals surface area (Å²) in [6, 6.07) is -0.688. The second kappa shape index (κ2) is 5.74. The predicted molar refractivity (Wildman–Crippen MR) is 64.3 cm³/mol. The number of ether oxygens (including phenoxy) is 2. The van der Waals surface area contributed by atoms with Gasteiger partial charge in [-0.25, -0.2) is 9.18 Å².